The van der Waals surface area contributed by atoms with Crippen LogP contribution in [0.25, 0.3) is 0 Å². The molecule has 170 valence electrons. The first-order valence-electron chi connectivity index (χ1n) is 11.2. The Hall–Kier alpha value is 0.360. The van der Waals surface area contributed by atoms with Gasteiger partial charge in [0.05, 0.1) is 55.9 Å². The van der Waals surface area contributed by atoms with Crippen LogP contribution in [0.5, 0.6) is 0 Å². The number of rotatable bonds is 15. The lowest BCUT2D eigenvalue weighted by molar-refractivity contribution is -0.870. The van der Waals surface area contributed by atoms with Gasteiger partial charge in [-0.1, -0.05) is 84.0 Å². The van der Waals surface area contributed by atoms with E-state index in [1.807, 2.05) is 0 Å². The number of nitrogens with zero attached hydrogens (tertiary/aromatic N) is 2. The lowest BCUT2D eigenvalue weighted by atomic mass is 10.0. The van der Waals surface area contributed by atoms with Gasteiger partial charge < -0.3 is 31.4 Å². The van der Waals surface area contributed by atoms with Crippen molar-refractivity contribution in [2.75, 3.05) is 55.9 Å². The minimum absolute atomic E-state index is 0. The second-order valence-corrected chi connectivity index (χ2v) is 10.3. The van der Waals surface area contributed by atoms with E-state index in [0.717, 1.165) is 8.97 Å². The Morgan fingerprint density at radius 2 is 0.667 bits per heavy atom. The van der Waals surface area contributed by atoms with E-state index in [0.29, 0.717) is 0 Å². The fourth-order valence-corrected chi connectivity index (χ4v) is 2.78. The average molecular weight is 456 g/mol. The van der Waals surface area contributed by atoms with Gasteiger partial charge in [-0.05, 0) is 12.8 Å². The smallest absolute Gasteiger partial charge is 0.0780 e. The van der Waals surface area contributed by atoms with Crippen LogP contribution in [-0.2, 0) is 0 Å². The van der Waals surface area contributed by atoms with Crippen LogP contribution >= 0.6 is 0 Å². The van der Waals surface area contributed by atoms with Crippen molar-refractivity contribution in [1.82, 2.24) is 0 Å². The van der Waals surface area contributed by atoms with Gasteiger partial charge in [-0.3, -0.25) is 0 Å². The summed E-state index contributed by atoms with van der Waals surface area (Å²) in [4.78, 5) is 0. The minimum Gasteiger partial charge on any atom is -1.00 e. The van der Waals surface area contributed by atoms with Gasteiger partial charge in [0.2, 0.25) is 0 Å². The Balaban J connectivity index is -0.000000333. The molecule has 0 aromatic rings. The van der Waals surface area contributed by atoms with Crippen LogP contribution in [0.4, 0.5) is 0 Å². The monoisotopic (exact) mass is 454 g/mol. The van der Waals surface area contributed by atoms with Crippen molar-refractivity contribution in [2.45, 2.75) is 96.8 Å². The summed E-state index contributed by atoms with van der Waals surface area (Å²) in [7, 11) is 15.4. The summed E-state index contributed by atoms with van der Waals surface area (Å²) < 4.78 is 2.12. The molecule has 0 amide bonds. The normalized spacial score (nSPS) is 11.1. The van der Waals surface area contributed by atoms with Crippen LogP contribution in [0.3, 0.4) is 0 Å². The van der Waals surface area contributed by atoms with Crippen LogP contribution in [-0.4, -0.2) is 70.3 Å². The van der Waals surface area contributed by atoms with Crippen molar-refractivity contribution in [2.24, 2.45) is 0 Å². The molecular formula is C23H55BrN2O. The molecule has 0 saturated carbocycles. The highest BCUT2D eigenvalue weighted by Crippen LogP contribution is 2.13. The maximum atomic E-state index is 2.29. The molecule has 0 aliphatic heterocycles. The molecule has 0 aliphatic carbocycles. The van der Waals surface area contributed by atoms with Crippen molar-refractivity contribution in [3.05, 3.63) is 0 Å². The molecule has 0 spiro atoms. The van der Waals surface area contributed by atoms with Gasteiger partial charge in [0.15, 0.2) is 0 Å². The summed E-state index contributed by atoms with van der Waals surface area (Å²) in [6.07, 6.45) is 20.4. The quantitative estimate of drug-likeness (QED) is 0.275. The number of hydrogen-bond acceptors (Lipinski definition) is 1. The number of unbranched alkanes of at least 4 members (excludes halogenated alkanes) is 13. The second kappa shape index (κ2) is 22.6. The van der Waals surface area contributed by atoms with Crippen LogP contribution < -0.4 is 17.0 Å². The Labute approximate surface area is 184 Å². The number of hydrogen-bond donors (Lipinski definition) is 0. The first-order chi connectivity index (χ1) is 11.6. The van der Waals surface area contributed by atoms with Crippen molar-refractivity contribution < 1.29 is 31.4 Å². The van der Waals surface area contributed by atoms with Gasteiger partial charge in [0, 0.05) is 0 Å². The van der Waals surface area contributed by atoms with Crippen molar-refractivity contribution in [3.63, 3.8) is 0 Å². The number of quaternary nitrogens is 2. The van der Waals surface area contributed by atoms with Crippen molar-refractivity contribution in [1.29, 1.82) is 0 Å². The molecule has 1 N–H and O–H groups in total. The Morgan fingerprint density at radius 3 is 0.889 bits per heavy atom. The fourth-order valence-electron chi connectivity index (χ4n) is 2.78. The highest BCUT2D eigenvalue weighted by atomic mass is 79.9. The molecule has 3 nitrogen and oxygen atoms in total. The Morgan fingerprint density at radius 1 is 0.444 bits per heavy atom. The minimum atomic E-state index is 0. The van der Waals surface area contributed by atoms with E-state index in [-0.39, 0.29) is 22.5 Å². The van der Waals surface area contributed by atoms with Gasteiger partial charge in [0.25, 0.3) is 0 Å². The zero-order valence-electron chi connectivity index (χ0n) is 20.3. The summed E-state index contributed by atoms with van der Waals surface area (Å²) in [5, 5.41) is 0. The predicted octanol–water partition coefficient (Wildman–Crippen LogP) is 3.32. The summed E-state index contributed by atoms with van der Waals surface area (Å²) >= 11 is 0. The summed E-state index contributed by atoms with van der Waals surface area (Å²) in [5.41, 5.74) is 0. The zero-order valence-corrected chi connectivity index (χ0v) is 21.9. The highest BCUT2D eigenvalue weighted by molar-refractivity contribution is 4.49. The number of halogens is 1. The molecule has 0 bridgehead atoms. The maximum absolute atomic E-state index is 2.29. The van der Waals surface area contributed by atoms with Crippen LogP contribution in [0.15, 0.2) is 0 Å². The molecule has 0 atom stereocenters. The lowest BCUT2D eigenvalue weighted by Gasteiger charge is -2.23. The van der Waals surface area contributed by atoms with Crippen LogP contribution in [0, 0.1) is 0 Å². The van der Waals surface area contributed by atoms with Crippen LogP contribution in [0.1, 0.15) is 96.8 Å². The Bertz CT molecular complexity index is 254. The van der Waals surface area contributed by atoms with Gasteiger partial charge >= 0.3 is 0 Å². The van der Waals surface area contributed by atoms with Crippen LogP contribution in [0.2, 0.25) is 0 Å². The molecule has 27 heavy (non-hydrogen) atoms. The molecule has 0 aromatic heterocycles. The summed E-state index contributed by atoms with van der Waals surface area (Å²) in [6.45, 7) is 3.63. The SMILES string of the molecule is CCCCCCCCCCCCCCCC[N+](C)(C)C.C[N+](C)(C)C.[Br-].[OH-]. The second-order valence-electron chi connectivity index (χ2n) is 10.3. The molecule has 0 radical (unpaired) electrons. The fraction of sp³-hybridized carbons (Fsp3) is 1.00. The van der Waals surface area contributed by atoms with Gasteiger partial charge in [-0.15, -0.1) is 0 Å². The average Bonchev–Trinajstić information content (AvgIpc) is 2.45. The highest BCUT2D eigenvalue weighted by Gasteiger charge is 2.04. The summed E-state index contributed by atoms with van der Waals surface area (Å²) in [6, 6.07) is 0. The molecule has 4 heteroatoms. The molecule has 0 heterocycles. The third-order valence-electron chi connectivity index (χ3n) is 4.18. The van der Waals surface area contributed by atoms with E-state index >= 15 is 0 Å². The van der Waals surface area contributed by atoms with E-state index in [4.69, 9.17) is 0 Å². The van der Waals surface area contributed by atoms with Gasteiger partial charge in [0.1, 0.15) is 0 Å². The third kappa shape index (κ3) is 51.9. The third-order valence-corrected chi connectivity index (χ3v) is 4.18. The molecule has 0 aliphatic rings. The molecular weight excluding hydrogens is 400 g/mol. The van der Waals surface area contributed by atoms with E-state index in [1.54, 1.807) is 0 Å². The van der Waals surface area contributed by atoms with E-state index in [9.17, 15) is 0 Å². The standard InChI is InChI=1S/C19H42N.C4H12N.BrH.H2O/c1-5-6-7-8-9-10-11-12-13-14-15-16-17-18-19-20(2,3)4;1-5(2,3)4;;/h5-19H2,1-4H3;1-4H3;1H;1H2/q2*+1;;/p-2. The molecule has 0 saturated heterocycles. The first-order valence-corrected chi connectivity index (χ1v) is 11.2. The molecule has 0 rings (SSSR count). The first kappa shape index (κ1) is 34.8. The van der Waals surface area contributed by atoms with E-state index in [2.05, 4.69) is 56.3 Å². The Kier molecular flexibility index (Phi) is 29.2. The van der Waals surface area contributed by atoms with Gasteiger partial charge in [-0.25, -0.2) is 0 Å². The maximum Gasteiger partial charge on any atom is 0.0780 e. The molecule has 0 aromatic carbocycles. The predicted molar refractivity (Wildman–Crippen MR) is 119 cm³/mol. The topological polar surface area (TPSA) is 30.0 Å². The largest absolute Gasteiger partial charge is 1.00 e. The van der Waals surface area contributed by atoms with E-state index < -0.39 is 0 Å². The summed E-state index contributed by atoms with van der Waals surface area (Å²) in [5.74, 6) is 0. The zero-order chi connectivity index (χ0) is 19.6. The molecule has 0 fully saturated rings. The van der Waals surface area contributed by atoms with Gasteiger partial charge in [-0.2, -0.15) is 0 Å². The van der Waals surface area contributed by atoms with E-state index in [1.165, 1.54) is 96.4 Å². The van der Waals surface area contributed by atoms with Crippen molar-refractivity contribution in [3.8, 4) is 0 Å². The van der Waals surface area contributed by atoms with Crippen molar-refractivity contribution >= 4 is 0 Å². The lowest BCUT2D eigenvalue weighted by Crippen LogP contribution is -3.00. The molecule has 0 unspecified atom stereocenters.